The van der Waals surface area contributed by atoms with E-state index in [0.717, 1.165) is 19.4 Å². The molecule has 2 N–H and O–H groups in total. The summed E-state index contributed by atoms with van der Waals surface area (Å²) in [6.07, 6.45) is 5.86. The fourth-order valence-electron chi connectivity index (χ4n) is 4.55. The summed E-state index contributed by atoms with van der Waals surface area (Å²) in [6.45, 7) is 2.55. The van der Waals surface area contributed by atoms with Gasteiger partial charge in [-0.2, -0.15) is 4.39 Å². The summed E-state index contributed by atoms with van der Waals surface area (Å²) in [4.78, 5) is 36.2. The Morgan fingerprint density at radius 3 is 2.65 bits per heavy atom. The Morgan fingerprint density at radius 2 is 2.00 bits per heavy atom. The maximum absolute atomic E-state index is 14.4. The van der Waals surface area contributed by atoms with E-state index in [9.17, 15) is 14.0 Å². The van der Waals surface area contributed by atoms with Crippen LogP contribution in [0.4, 0.5) is 4.39 Å². The van der Waals surface area contributed by atoms with Crippen molar-refractivity contribution in [2.24, 2.45) is 16.6 Å². The van der Waals surface area contributed by atoms with Gasteiger partial charge in [0.05, 0.1) is 5.69 Å². The molecule has 1 unspecified atom stereocenters. The van der Waals surface area contributed by atoms with E-state index in [1.807, 2.05) is 17.7 Å². The molecule has 5 rings (SSSR count). The molecule has 0 bridgehead atoms. The maximum atomic E-state index is 14.4. The monoisotopic (exact) mass is 459 g/mol. The van der Waals surface area contributed by atoms with E-state index < -0.39 is 11.5 Å². The molecule has 0 radical (unpaired) electrons. The Balaban J connectivity index is 1.70. The van der Waals surface area contributed by atoms with Crippen molar-refractivity contribution in [3.8, 4) is 11.1 Å². The zero-order valence-electron chi connectivity index (χ0n) is 19.2. The van der Waals surface area contributed by atoms with Gasteiger partial charge in [0.1, 0.15) is 0 Å². The molecule has 1 aliphatic carbocycles. The number of guanidine groups is 1. The van der Waals surface area contributed by atoms with Crippen LogP contribution in [0.1, 0.15) is 47.8 Å². The molecule has 34 heavy (non-hydrogen) atoms. The van der Waals surface area contributed by atoms with Gasteiger partial charge in [-0.05, 0) is 54.2 Å². The number of Topliss-reactive ketones (excluding diaryl/α,β-unsaturated/α-hetero) is 1. The van der Waals surface area contributed by atoms with E-state index in [1.54, 1.807) is 49.5 Å². The number of likely N-dealkylation sites (N-methyl/N-ethyl adjacent to an activating group) is 1. The van der Waals surface area contributed by atoms with Gasteiger partial charge in [0, 0.05) is 43.5 Å². The minimum atomic E-state index is -1.47. The van der Waals surface area contributed by atoms with E-state index in [1.165, 1.54) is 11.1 Å². The highest BCUT2D eigenvalue weighted by atomic mass is 19.1. The number of rotatable bonds is 7. The highest BCUT2D eigenvalue weighted by molar-refractivity contribution is 6.09. The summed E-state index contributed by atoms with van der Waals surface area (Å²) in [5, 5.41) is 0. The van der Waals surface area contributed by atoms with Gasteiger partial charge in [0.2, 0.25) is 5.95 Å². The number of hydrogen-bond acceptors (Lipinski definition) is 5. The summed E-state index contributed by atoms with van der Waals surface area (Å²) in [7, 11) is 1.58. The molecule has 2 aliphatic rings. The summed E-state index contributed by atoms with van der Waals surface area (Å²) in [5.41, 5.74) is 7.24. The molecular formula is C26H26FN5O2. The van der Waals surface area contributed by atoms with Crippen LogP contribution >= 0.6 is 0 Å². The quantitative estimate of drug-likeness (QED) is 0.430. The van der Waals surface area contributed by atoms with E-state index >= 15 is 0 Å². The van der Waals surface area contributed by atoms with Gasteiger partial charge in [-0.25, -0.2) is 9.98 Å². The van der Waals surface area contributed by atoms with Gasteiger partial charge in [0.15, 0.2) is 17.3 Å². The number of amides is 1. The molecular weight excluding hydrogens is 433 g/mol. The molecule has 3 aromatic rings. The first-order chi connectivity index (χ1) is 16.3. The predicted molar refractivity (Wildman–Crippen MR) is 127 cm³/mol. The summed E-state index contributed by atoms with van der Waals surface area (Å²) >= 11 is 0. The Morgan fingerprint density at radius 1 is 1.21 bits per heavy atom. The fourth-order valence-corrected chi connectivity index (χ4v) is 4.55. The molecule has 3 heterocycles. The van der Waals surface area contributed by atoms with Crippen LogP contribution in [0.25, 0.3) is 11.1 Å². The number of hydrogen-bond donors (Lipinski definition) is 1. The number of benzene rings is 1. The van der Waals surface area contributed by atoms with Crippen molar-refractivity contribution in [3.05, 3.63) is 77.6 Å². The summed E-state index contributed by atoms with van der Waals surface area (Å²) in [6, 6.07) is 12.1. The number of pyridine rings is 1. The van der Waals surface area contributed by atoms with Crippen molar-refractivity contribution >= 4 is 17.6 Å². The Kier molecular flexibility index (Phi) is 5.31. The van der Waals surface area contributed by atoms with Crippen molar-refractivity contribution in [2.75, 3.05) is 7.05 Å². The second-order valence-corrected chi connectivity index (χ2v) is 8.95. The third kappa shape index (κ3) is 3.50. The van der Waals surface area contributed by atoms with E-state index in [-0.39, 0.29) is 17.6 Å². The number of carbonyl (C=O) groups excluding carboxylic acids is 2. The molecule has 0 saturated heterocycles. The number of nitrogens with zero attached hydrogens (tertiary/aromatic N) is 4. The number of aliphatic imine (C=N–C) groups is 1. The normalized spacial score (nSPS) is 20.0. The van der Waals surface area contributed by atoms with Crippen LogP contribution in [-0.4, -0.2) is 39.1 Å². The van der Waals surface area contributed by atoms with Crippen LogP contribution < -0.4 is 5.73 Å². The number of ketones is 1. The van der Waals surface area contributed by atoms with Crippen LogP contribution in [0.2, 0.25) is 0 Å². The third-order valence-electron chi connectivity index (χ3n) is 6.66. The minimum Gasteiger partial charge on any atom is -0.369 e. The standard InChI is InChI=1S/C26H26FN5O2/c1-3-22(33)21-13-19(15-32(21)14-16-9-10-16)26(24(34)31(2)25(28)30-26)18-7-4-6-17(12-18)20-8-5-11-29-23(20)27/h4-8,11-13,15-16H,3,9-10,14H2,1-2H3,(H2,28,30). The molecule has 1 fully saturated rings. The summed E-state index contributed by atoms with van der Waals surface area (Å²) < 4.78 is 16.4. The van der Waals surface area contributed by atoms with Crippen molar-refractivity contribution in [3.63, 3.8) is 0 Å². The second kappa shape index (κ2) is 8.20. The molecule has 1 aliphatic heterocycles. The molecule has 1 saturated carbocycles. The average Bonchev–Trinajstić information content (AvgIpc) is 3.52. The topological polar surface area (TPSA) is 93.6 Å². The first-order valence-electron chi connectivity index (χ1n) is 11.4. The van der Waals surface area contributed by atoms with E-state index in [4.69, 9.17) is 5.73 Å². The minimum absolute atomic E-state index is 0.00369. The van der Waals surface area contributed by atoms with Crippen molar-refractivity contribution in [1.82, 2.24) is 14.5 Å². The van der Waals surface area contributed by atoms with Crippen molar-refractivity contribution in [1.29, 1.82) is 0 Å². The number of nitrogens with two attached hydrogens (primary N) is 1. The van der Waals surface area contributed by atoms with Crippen LogP contribution in [0.3, 0.4) is 0 Å². The van der Waals surface area contributed by atoms with Gasteiger partial charge < -0.3 is 10.3 Å². The summed E-state index contributed by atoms with van der Waals surface area (Å²) in [5.74, 6) is -0.303. The lowest BCUT2D eigenvalue weighted by Crippen LogP contribution is -2.41. The van der Waals surface area contributed by atoms with E-state index in [2.05, 4.69) is 9.98 Å². The number of aromatic nitrogens is 2. The zero-order valence-corrected chi connectivity index (χ0v) is 19.2. The lowest BCUT2D eigenvalue weighted by atomic mass is 9.83. The lowest BCUT2D eigenvalue weighted by Gasteiger charge is -2.25. The Labute approximate surface area is 197 Å². The van der Waals surface area contributed by atoms with Crippen molar-refractivity contribution < 1.29 is 14.0 Å². The SMILES string of the molecule is CCC(=O)c1cc(C2(c3cccc(-c4cccnc4F)c3)N=C(N)N(C)C2=O)cn1CC1CC1. The molecule has 1 amide bonds. The molecule has 2 aromatic heterocycles. The molecule has 7 nitrogen and oxygen atoms in total. The van der Waals surface area contributed by atoms with Gasteiger partial charge >= 0.3 is 0 Å². The fraction of sp³-hybridized carbons (Fsp3) is 0.308. The van der Waals surface area contributed by atoms with Crippen LogP contribution in [0, 0.1) is 11.9 Å². The Bertz CT molecular complexity index is 1330. The number of carbonyl (C=O) groups is 2. The lowest BCUT2D eigenvalue weighted by molar-refractivity contribution is -0.129. The van der Waals surface area contributed by atoms with Crippen molar-refractivity contribution in [2.45, 2.75) is 38.3 Å². The highest BCUT2D eigenvalue weighted by Crippen LogP contribution is 2.42. The molecule has 1 aromatic carbocycles. The first-order valence-corrected chi connectivity index (χ1v) is 11.4. The van der Waals surface area contributed by atoms with Gasteiger partial charge in [0.25, 0.3) is 5.91 Å². The maximum Gasteiger partial charge on any atom is 0.266 e. The van der Waals surface area contributed by atoms with E-state index in [0.29, 0.717) is 40.3 Å². The van der Waals surface area contributed by atoms with Crippen LogP contribution in [0.5, 0.6) is 0 Å². The largest absolute Gasteiger partial charge is 0.369 e. The van der Waals surface area contributed by atoms with Gasteiger partial charge in [-0.15, -0.1) is 0 Å². The van der Waals surface area contributed by atoms with Crippen LogP contribution in [0.15, 0.2) is 59.9 Å². The number of halogens is 1. The predicted octanol–water partition coefficient (Wildman–Crippen LogP) is 3.72. The third-order valence-corrected chi connectivity index (χ3v) is 6.66. The molecule has 174 valence electrons. The first kappa shape index (κ1) is 22.0. The van der Waals surface area contributed by atoms with Gasteiger partial charge in [-0.1, -0.05) is 25.1 Å². The molecule has 0 spiro atoms. The molecule has 8 heteroatoms. The zero-order chi connectivity index (χ0) is 24.0. The Hall–Kier alpha value is -3.81. The van der Waals surface area contributed by atoms with Crippen LogP contribution in [-0.2, 0) is 16.9 Å². The highest BCUT2D eigenvalue weighted by Gasteiger charge is 2.50. The molecule has 1 atom stereocenters. The average molecular weight is 460 g/mol. The second-order valence-electron chi connectivity index (χ2n) is 8.95. The smallest absolute Gasteiger partial charge is 0.266 e. The van der Waals surface area contributed by atoms with Gasteiger partial charge in [-0.3, -0.25) is 14.5 Å².